The van der Waals surface area contributed by atoms with Crippen molar-refractivity contribution in [1.82, 2.24) is 0 Å². The van der Waals surface area contributed by atoms with E-state index in [-0.39, 0.29) is 0 Å². The number of hydrogen-bond donors (Lipinski definition) is 7. The molecule has 0 aliphatic rings. The molecule has 0 aromatic rings. The molecule has 0 rings (SSSR count). The second kappa shape index (κ2) is 4.51. The van der Waals surface area contributed by atoms with E-state index in [2.05, 4.69) is 0 Å². The van der Waals surface area contributed by atoms with Crippen LogP contribution in [0.5, 0.6) is 0 Å². The van der Waals surface area contributed by atoms with Crippen molar-refractivity contribution >= 4 is 11.9 Å². The van der Waals surface area contributed by atoms with Crippen LogP contribution < -0.4 is 0 Å². The van der Waals surface area contributed by atoms with Crippen molar-refractivity contribution in [2.45, 2.75) is 24.1 Å². The maximum atomic E-state index is 10.2. The maximum absolute atomic E-state index is 10.2. The lowest BCUT2D eigenvalue weighted by Gasteiger charge is -2.27. The van der Waals surface area contributed by atoms with E-state index in [1.54, 1.807) is 0 Å². The van der Waals surface area contributed by atoms with Gasteiger partial charge >= 0.3 is 11.9 Å². The summed E-state index contributed by atoms with van der Waals surface area (Å²) in [6.07, 6.45) is -7.88. The summed E-state index contributed by atoms with van der Waals surface area (Å²) in [5.41, 5.74) is 0. The van der Waals surface area contributed by atoms with E-state index in [0.29, 0.717) is 0 Å². The van der Waals surface area contributed by atoms with Gasteiger partial charge in [0.1, 0.15) is 12.2 Å². The zero-order valence-electron chi connectivity index (χ0n) is 7.18. The second-order valence-electron chi connectivity index (χ2n) is 2.75. The van der Waals surface area contributed by atoms with E-state index < -0.39 is 36.0 Å². The van der Waals surface area contributed by atoms with Gasteiger partial charge in [0.25, 0.3) is 5.79 Å². The summed E-state index contributed by atoms with van der Waals surface area (Å²) in [6.45, 7) is 0. The Morgan fingerprint density at radius 3 is 1.67 bits per heavy atom. The minimum Gasteiger partial charge on any atom is -0.479 e. The molecule has 0 fully saturated rings. The van der Waals surface area contributed by atoms with Crippen LogP contribution in [0, 0.1) is 0 Å². The molecule has 0 aromatic heterocycles. The number of aliphatic hydroxyl groups is 5. The lowest BCUT2D eigenvalue weighted by molar-refractivity contribution is -0.258. The Bertz CT molecular complexity index is 259. The number of carbonyl (C=O) groups is 2. The molecule has 0 bridgehead atoms. The molecule has 0 amide bonds. The van der Waals surface area contributed by atoms with Gasteiger partial charge in [0.2, 0.25) is 0 Å². The summed E-state index contributed by atoms with van der Waals surface area (Å²) in [6, 6.07) is 0. The number of aliphatic carboxylic acids is 2. The highest BCUT2D eigenvalue weighted by Crippen LogP contribution is 2.13. The van der Waals surface area contributed by atoms with Crippen molar-refractivity contribution in [2.75, 3.05) is 0 Å². The molecule has 0 aliphatic carbocycles. The largest absolute Gasteiger partial charge is 0.479 e. The van der Waals surface area contributed by atoms with Crippen molar-refractivity contribution in [2.24, 2.45) is 0 Å². The molecule has 7 N–H and O–H groups in total. The smallest absolute Gasteiger partial charge is 0.367 e. The summed E-state index contributed by atoms with van der Waals surface area (Å²) in [5, 5.41) is 60.2. The van der Waals surface area contributed by atoms with Crippen LogP contribution in [0.1, 0.15) is 0 Å². The third kappa shape index (κ3) is 2.84. The van der Waals surface area contributed by atoms with Crippen molar-refractivity contribution in [3.05, 3.63) is 0 Å². The third-order valence-electron chi connectivity index (χ3n) is 1.63. The van der Waals surface area contributed by atoms with Crippen LogP contribution in [0.4, 0.5) is 0 Å². The van der Waals surface area contributed by atoms with Gasteiger partial charge in [0.05, 0.1) is 0 Å². The third-order valence-corrected chi connectivity index (χ3v) is 1.63. The summed E-state index contributed by atoms with van der Waals surface area (Å²) in [5.74, 6) is -8.01. The predicted octanol–water partition coefficient (Wildman–Crippen LogP) is -4.08. The monoisotopic (exact) mass is 226 g/mol. The molecular weight excluding hydrogens is 216 g/mol. The van der Waals surface area contributed by atoms with Crippen LogP contribution in [-0.4, -0.2) is 71.8 Å². The Kier molecular flexibility index (Phi) is 4.13. The van der Waals surface area contributed by atoms with E-state index in [9.17, 15) is 9.59 Å². The maximum Gasteiger partial charge on any atom is 0.367 e. The first kappa shape index (κ1) is 13.7. The number of carboxylic acid groups (broad SMARTS) is 2. The van der Waals surface area contributed by atoms with Gasteiger partial charge in [-0.2, -0.15) is 0 Å². The van der Waals surface area contributed by atoms with Gasteiger partial charge in [-0.3, -0.25) is 0 Å². The SMILES string of the molecule is O=C(O)C(O)C(O)C(O)C(O)(O)C(=O)O. The topological polar surface area (TPSA) is 176 Å². The van der Waals surface area contributed by atoms with E-state index in [4.69, 9.17) is 35.7 Å². The van der Waals surface area contributed by atoms with Crippen molar-refractivity contribution in [1.29, 1.82) is 0 Å². The first-order valence-corrected chi connectivity index (χ1v) is 3.57. The number of rotatable bonds is 5. The molecule has 3 atom stereocenters. The lowest BCUT2D eigenvalue weighted by atomic mass is 10.0. The Hall–Kier alpha value is -1.26. The molecule has 3 unspecified atom stereocenters. The fourth-order valence-corrected chi connectivity index (χ4v) is 0.683. The lowest BCUT2D eigenvalue weighted by Crippen LogP contribution is -2.58. The molecule has 0 aliphatic heterocycles. The summed E-state index contributed by atoms with van der Waals surface area (Å²) in [4.78, 5) is 20.3. The van der Waals surface area contributed by atoms with Crippen molar-refractivity contribution in [3.63, 3.8) is 0 Å². The Balaban J connectivity index is 4.78. The Morgan fingerprint density at radius 2 is 1.40 bits per heavy atom. The molecule has 9 nitrogen and oxygen atoms in total. The molecule has 15 heavy (non-hydrogen) atoms. The van der Waals surface area contributed by atoms with Gasteiger partial charge < -0.3 is 35.7 Å². The van der Waals surface area contributed by atoms with E-state index in [1.165, 1.54) is 0 Å². The Morgan fingerprint density at radius 1 is 1.00 bits per heavy atom. The molecule has 0 radical (unpaired) electrons. The normalized spacial score (nSPS) is 17.9. The van der Waals surface area contributed by atoms with Gasteiger partial charge in [-0.05, 0) is 0 Å². The van der Waals surface area contributed by atoms with Crippen LogP contribution in [0.3, 0.4) is 0 Å². The average Bonchev–Trinajstić information content (AvgIpc) is 2.13. The minimum atomic E-state index is -3.75. The number of aliphatic hydroxyl groups excluding tert-OH is 3. The molecular formula is C6H10O9. The number of hydrogen-bond acceptors (Lipinski definition) is 7. The number of carboxylic acids is 2. The molecule has 88 valence electrons. The highest BCUT2D eigenvalue weighted by Gasteiger charge is 2.48. The van der Waals surface area contributed by atoms with Gasteiger partial charge in [-0.1, -0.05) is 0 Å². The zero-order valence-corrected chi connectivity index (χ0v) is 7.18. The molecule has 0 saturated carbocycles. The van der Waals surface area contributed by atoms with E-state index in [0.717, 1.165) is 0 Å². The van der Waals surface area contributed by atoms with Gasteiger partial charge in [0.15, 0.2) is 6.10 Å². The first-order chi connectivity index (χ1) is 6.62. The molecule has 0 heterocycles. The molecule has 0 aromatic carbocycles. The quantitative estimate of drug-likeness (QED) is 0.230. The van der Waals surface area contributed by atoms with Crippen LogP contribution in [0.2, 0.25) is 0 Å². The summed E-state index contributed by atoms with van der Waals surface area (Å²) >= 11 is 0. The van der Waals surface area contributed by atoms with Crippen molar-refractivity contribution < 1.29 is 45.3 Å². The van der Waals surface area contributed by atoms with Crippen LogP contribution in [0.25, 0.3) is 0 Å². The van der Waals surface area contributed by atoms with Gasteiger partial charge in [0, 0.05) is 0 Å². The Labute approximate surface area is 82.4 Å². The second-order valence-corrected chi connectivity index (χ2v) is 2.75. The van der Waals surface area contributed by atoms with Gasteiger partial charge in [-0.25, -0.2) is 9.59 Å². The highest BCUT2D eigenvalue weighted by atomic mass is 16.6. The predicted molar refractivity (Wildman–Crippen MR) is 40.5 cm³/mol. The van der Waals surface area contributed by atoms with E-state index in [1.807, 2.05) is 0 Å². The average molecular weight is 226 g/mol. The van der Waals surface area contributed by atoms with Crippen LogP contribution in [-0.2, 0) is 9.59 Å². The van der Waals surface area contributed by atoms with Crippen LogP contribution >= 0.6 is 0 Å². The van der Waals surface area contributed by atoms with Gasteiger partial charge in [-0.15, -0.1) is 0 Å². The summed E-state index contributed by atoms with van der Waals surface area (Å²) < 4.78 is 0. The molecule has 0 saturated heterocycles. The molecule has 0 spiro atoms. The standard InChI is InChI=1S/C6H10O9/c7-1(2(8)4(10)11)3(9)6(14,15)5(12)13/h1-3,7-9,14-15H,(H,10,11)(H,12,13). The zero-order chi connectivity index (χ0) is 12.4. The minimum absolute atomic E-state index is 1.96. The summed E-state index contributed by atoms with van der Waals surface area (Å²) in [7, 11) is 0. The fraction of sp³-hybridized carbons (Fsp3) is 0.667. The van der Waals surface area contributed by atoms with Crippen molar-refractivity contribution in [3.8, 4) is 0 Å². The first-order valence-electron chi connectivity index (χ1n) is 3.57. The fourth-order valence-electron chi connectivity index (χ4n) is 0.683. The van der Waals surface area contributed by atoms with E-state index >= 15 is 0 Å². The highest BCUT2D eigenvalue weighted by molar-refractivity contribution is 5.77. The molecule has 9 heteroatoms. The van der Waals surface area contributed by atoms with Crippen LogP contribution in [0.15, 0.2) is 0 Å².